The van der Waals surface area contributed by atoms with Crippen molar-refractivity contribution in [1.82, 2.24) is 10.2 Å². The Balaban J connectivity index is 2.13. The minimum atomic E-state index is -0.839. The molecule has 2 amide bonds. The highest BCUT2D eigenvalue weighted by Gasteiger charge is 2.27. The summed E-state index contributed by atoms with van der Waals surface area (Å²) < 4.78 is 0. The maximum atomic E-state index is 11.5. The molecule has 6 nitrogen and oxygen atoms in total. The third-order valence-electron chi connectivity index (χ3n) is 2.75. The molecule has 6 heteroatoms. The summed E-state index contributed by atoms with van der Waals surface area (Å²) in [6.45, 7) is 0.555. The third-order valence-corrected chi connectivity index (χ3v) is 2.75. The molecule has 0 aromatic rings. The van der Waals surface area contributed by atoms with E-state index in [1.807, 2.05) is 0 Å². The van der Waals surface area contributed by atoms with Crippen LogP contribution in [-0.4, -0.2) is 47.4 Å². The van der Waals surface area contributed by atoms with Gasteiger partial charge in [0.2, 0.25) is 11.8 Å². The van der Waals surface area contributed by atoms with Gasteiger partial charge in [-0.3, -0.25) is 14.4 Å². The van der Waals surface area contributed by atoms with E-state index in [9.17, 15) is 14.4 Å². The number of nitrogens with zero attached hydrogens (tertiary/aromatic N) is 1. The molecule has 1 saturated heterocycles. The highest BCUT2D eigenvalue weighted by molar-refractivity contribution is 5.82. The van der Waals surface area contributed by atoms with Crippen molar-refractivity contribution in [2.45, 2.75) is 38.1 Å². The Morgan fingerprint density at radius 3 is 2.59 bits per heavy atom. The predicted octanol–water partition coefficient (Wildman–Crippen LogP) is -0.0217. The first kappa shape index (κ1) is 13.5. The highest BCUT2D eigenvalue weighted by atomic mass is 16.4. The molecule has 0 bridgehead atoms. The predicted molar refractivity (Wildman–Crippen MR) is 60.3 cm³/mol. The topological polar surface area (TPSA) is 86.7 Å². The summed E-state index contributed by atoms with van der Waals surface area (Å²) in [6, 6.07) is -0.0977. The van der Waals surface area contributed by atoms with Crippen LogP contribution in [-0.2, 0) is 14.4 Å². The summed E-state index contributed by atoms with van der Waals surface area (Å²) in [5.74, 6) is -0.905. The fourth-order valence-corrected chi connectivity index (χ4v) is 1.82. The first-order chi connectivity index (χ1) is 7.99. The number of carboxylic acids is 1. The number of likely N-dealkylation sites (tertiary alicyclic amines) is 1. The molecule has 0 aromatic heterocycles. The van der Waals surface area contributed by atoms with Gasteiger partial charge in [0.05, 0.1) is 6.04 Å². The lowest BCUT2D eigenvalue weighted by molar-refractivity contribution is -0.137. The molecular weight excluding hydrogens is 224 g/mol. The van der Waals surface area contributed by atoms with Crippen LogP contribution >= 0.6 is 0 Å². The van der Waals surface area contributed by atoms with Gasteiger partial charge in [0.1, 0.15) is 0 Å². The van der Waals surface area contributed by atoms with E-state index >= 15 is 0 Å². The SMILES string of the molecule is CN1CC(NC(=O)CCCCC(=O)O)CC1=O. The number of hydrogen-bond donors (Lipinski definition) is 2. The molecule has 2 N–H and O–H groups in total. The van der Waals surface area contributed by atoms with Gasteiger partial charge >= 0.3 is 5.97 Å². The minimum Gasteiger partial charge on any atom is -0.481 e. The number of nitrogens with one attached hydrogen (secondary N) is 1. The Labute approximate surface area is 100.0 Å². The van der Waals surface area contributed by atoms with Crippen molar-refractivity contribution in [2.75, 3.05) is 13.6 Å². The molecule has 96 valence electrons. The molecule has 1 fully saturated rings. The standard InChI is InChI=1S/C11H18N2O4/c1-13-7-8(6-10(13)15)12-9(14)4-2-3-5-11(16)17/h8H,2-7H2,1H3,(H,12,14)(H,16,17). The quantitative estimate of drug-likeness (QED) is 0.641. The number of unbranched alkanes of at least 4 members (excludes halogenated alkanes) is 1. The zero-order valence-electron chi connectivity index (χ0n) is 9.94. The number of carbonyl (C=O) groups is 3. The van der Waals surface area contributed by atoms with Crippen LogP contribution in [0.5, 0.6) is 0 Å². The first-order valence-electron chi connectivity index (χ1n) is 5.74. The zero-order chi connectivity index (χ0) is 12.8. The lowest BCUT2D eigenvalue weighted by Crippen LogP contribution is -2.36. The molecule has 1 aliphatic rings. The monoisotopic (exact) mass is 242 g/mol. The maximum Gasteiger partial charge on any atom is 0.303 e. The second-order valence-electron chi connectivity index (χ2n) is 4.34. The Hall–Kier alpha value is -1.59. The van der Waals surface area contributed by atoms with Crippen LogP contribution in [0.4, 0.5) is 0 Å². The van der Waals surface area contributed by atoms with Crippen LogP contribution in [0.2, 0.25) is 0 Å². The van der Waals surface area contributed by atoms with E-state index in [4.69, 9.17) is 5.11 Å². The molecule has 1 aliphatic heterocycles. The summed E-state index contributed by atoms with van der Waals surface area (Å²) in [5.41, 5.74) is 0. The van der Waals surface area contributed by atoms with Gasteiger partial charge in [-0.1, -0.05) is 0 Å². The van der Waals surface area contributed by atoms with Gasteiger partial charge in [-0.2, -0.15) is 0 Å². The van der Waals surface area contributed by atoms with Gasteiger partial charge < -0.3 is 15.3 Å². The van der Waals surface area contributed by atoms with E-state index < -0.39 is 5.97 Å². The second kappa shape index (κ2) is 6.22. The average Bonchev–Trinajstić information content (AvgIpc) is 2.52. The number of carboxylic acid groups (broad SMARTS) is 1. The number of amides is 2. The Morgan fingerprint density at radius 1 is 1.41 bits per heavy atom. The van der Waals surface area contributed by atoms with Gasteiger partial charge in [0.15, 0.2) is 0 Å². The molecule has 0 spiro atoms. The molecular formula is C11H18N2O4. The van der Waals surface area contributed by atoms with Crippen LogP contribution in [0, 0.1) is 0 Å². The van der Waals surface area contributed by atoms with Crippen LogP contribution < -0.4 is 5.32 Å². The molecule has 1 unspecified atom stereocenters. The average molecular weight is 242 g/mol. The van der Waals surface area contributed by atoms with E-state index in [0.29, 0.717) is 32.2 Å². The summed E-state index contributed by atoms with van der Waals surface area (Å²) in [5, 5.41) is 11.2. The van der Waals surface area contributed by atoms with Crippen molar-refractivity contribution in [3.63, 3.8) is 0 Å². The van der Waals surface area contributed by atoms with Gasteiger partial charge in [-0.05, 0) is 12.8 Å². The normalized spacial score (nSPS) is 19.5. The lowest BCUT2D eigenvalue weighted by Gasteiger charge is -2.12. The first-order valence-corrected chi connectivity index (χ1v) is 5.74. The number of likely N-dealkylation sites (N-methyl/N-ethyl adjacent to an activating group) is 1. The Morgan fingerprint density at radius 2 is 2.06 bits per heavy atom. The third kappa shape index (κ3) is 4.84. The molecule has 1 heterocycles. The van der Waals surface area contributed by atoms with Gasteiger partial charge in [-0.15, -0.1) is 0 Å². The van der Waals surface area contributed by atoms with Crippen LogP contribution in [0.25, 0.3) is 0 Å². The number of rotatable bonds is 6. The molecule has 0 aliphatic carbocycles. The Kier molecular flexibility index (Phi) is 4.93. The largest absolute Gasteiger partial charge is 0.481 e. The summed E-state index contributed by atoms with van der Waals surface area (Å²) in [6.07, 6.45) is 1.85. The summed E-state index contributed by atoms with van der Waals surface area (Å²) in [7, 11) is 1.71. The van der Waals surface area contributed by atoms with E-state index in [1.165, 1.54) is 0 Å². The highest BCUT2D eigenvalue weighted by Crippen LogP contribution is 2.09. The van der Waals surface area contributed by atoms with Gasteiger partial charge in [0.25, 0.3) is 0 Å². The minimum absolute atomic E-state index is 0.0428. The molecule has 0 radical (unpaired) electrons. The fourth-order valence-electron chi connectivity index (χ4n) is 1.82. The number of hydrogen-bond acceptors (Lipinski definition) is 3. The van der Waals surface area contributed by atoms with Crippen molar-refractivity contribution in [1.29, 1.82) is 0 Å². The Bertz CT molecular complexity index is 317. The van der Waals surface area contributed by atoms with Crippen LogP contribution in [0.1, 0.15) is 32.1 Å². The van der Waals surface area contributed by atoms with E-state index in [2.05, 4.69) is 5.32 Å². The second-order valence-corrected chi connectivity index (χ2v) is 4.34. The number of carbonyl (C=O) groups excluding carboxylic acids is 2. The van der Waals surface area contributed by atoms with Crippen molar-refractivity contribution in [3.05, 3.63) is 0 Å². The summed E-state index contributed by atoms with van der Waals surface area (Å²) in [4.78, 5) is 34.5. The summed E-state index contributed by atoms with van der Waals surface area (Å²) >= 11 is 0. The molecule has 0 aromatic carbocycles. The van der Waals surface area contributed by atoms with Gasteiger partial charge in [0, 0.05) is 32.9 Å². The molecule has 17 heavy (non-hydrogen) atoms. The molecule has 1 atom stereocenters. The van der Waals surface area contributed by atoms with Crippen molar-refractivity contribution < 1.29 is 19.5 Å². The van der Waals surface area contributed by atoms with E-state index in [0.717, 1.165) is 0 Å². The van der Waals surface area contributed by atoms with Crippen LogP contribution in [0.3, 0.4) is 0 Å². The lowest BCUT2D eigenvalue weighted by atomic mass is 10.1. The fraction of sp³-hybridized carbons (Fsp3) is 0.727. The van der Waals surface area contributed by atoms with Crippen molar-refractivity contribution in [3.8, 4) is 0 Å². The van der Waals surface area contributed by atoms with Crippen LogP contribution in [0.15, 0.2) is 0 Å². The van der Waals surface area contributed by atoms with E-state index in [1.54, 1.807) is 11.9 Å². The number of aliphatic carboxylic acids is 1. The van der Waals surface area contributed by atoms with Crippen molar-refractivity contribution >= 4 is 17.8 Å². The van der Waals surface area contributed by atoms with Crippen molar-refractivity contribution in [2.24, 2.45) is 0 Å². The van der Waals surface area contributed by atoms with Gasteiger partial charge in [-0.25, -0.2) is 0 Å². The smallest absolute Gasteiger partial charge is 0.303 e. The maximum absolute atomic E-state index is 11.5. The molecule has 0 saturated carbocycles. The molecule has 1 rings (SSSR count). The van der Waals surface area contributed by atoms with E-state index in [-0.39, 0.29) is 24.3 Å². The zero-order valence-corrected chi connectivity index (χ0v) is 9.94.